The Bertz CT molecular complexity index is 746. The van der Waals surface area contributed by atoms with Gasteiger partial charge in [0.15, 0.2) is 5.43 Å². The van der Waals surface area contributed by atoms with Gasteiger partial charge in [-0.05, 0) is 30.2 Å². The van der Waals surface area contributed by atoms with Gasteiger partial charge < -0.3 is 15.6 Å². The molecule has 1 aromatic carbocycles. The predicted molar refractivity (Wildman–Crippen MR) is 95.5 cm³/mol. The van der Waals surface area contributed by atoms with E-state index in [2.05, 4.69) is 5.32 Å². The number of aromatic nitrogens is 1. The van der Waals surface area contributed by atoms with Crippen molar-refractivity contribution in [1.82, 2.24) is 4.57 Å². The van der Waals surface area contributed by atoms with Crippen LogP contribution in [0.2, 0.25) is 0 Å². The van der Waals surface area contributed by atoms with Gasteiger partial charge in [0.25, 0.3) is 0 Å². The summed E-state index contributed by atoms with van der Waals surface area (Å²) in [6.07, 6.45) is 3.26. The van der Waals surface area contributed by atoms with Crippen LogP contribution in [-0.4, -0.2) is 15.5 Å². The first-order chi connectivity index (χ1) is 10.9. The van der Waals surface area contributed by atoms with E-state index in [1.54, 1.807) is 41.2 Å². The number of thiocarbonyl (C=S) groups is 1. The van der Waals surface area contributed by atoms with Gasteiger partial charge in [-0.25, -0.2) is 0 Å². The number of hydrogen-bond donors (Lipinski definition) is 2. The van der Waals surface area contributed by atoms with Crippen LogP contribution in [0.3, 0.4) is 0 Å². The third-order valence-electron chi connectivity index (χ3n) is 3.48. The van der Waals surface area contributed by atoms with Crippen LogP contribution in [0.5, 0.6) is 0 Å². The summed E-state index contributed by atoms with van der Waals surface area (Å²) >= 11 is 4.90. The molecule has 0 aliphatic rings. The summed E-state index contributed by atoms with van der Waals surface area (Å²) < 4.78 is 1.74. The maximum atomic E-state index is 12.6. The summed E-state index contributed by atoms with van der Waals surface area (Å²) in [5, 5.41) is 2.88. The minimum Gasteiger partial charge on any atom is -0.389 e. The molecule has 2 rings (SSSR count). The molecule has 0 bridgehead atoms. The lowest BCUT2D eigenvalue weighted by molar-refractivity contribution is -0.120. The van der Waals surface area contributed by atoms with Gasteiger partial charge in [-0.15, -0.1) is 0 Å². The highest BCUT2D eigenvalue weighted by Gasteiger charge is 2.23. The van der Waals surface area contributed by atoms with E-state index >= 15 is 0 Å². The summed E-state index contributed by atoms with van der Waals surface area (Å²) in [6, 6.07) is 9.53. The molecule has 0 aliphatic heterocycles. The lowest BCUT2D eigenvalue weighted by Crippen LogP contribution is -2.30. The highest BCUT2D eigenvalue weighted by Crippen LogP contribution is 2.20. The summed E-state index contributed by atoms with van der Waals surface area (Å²) in [5.41, 5.74) is 6.89. The number of carbonyl (C=O) groups is 1. The highest BCUT2D eigenvalue weighted by molar-refractivity contribution is 7.80. The van der Waals surface area contributed by atoms with E-state index in [1.807, 2.05) is 13.8 Å². The van der Waals surface area contributed by atoms with Crippen molar-refractivity contribution >= 4 is 28.8 Å². The van der Waals surface area contributed by atoms with Gasteiger partial charge in [0.05, 0.1) is 0 Å². The fraction of sp³-hybridized carbons (Fsp3) is 0.235. The van der Waals surface area contributed by atoms with Crippen molar-refractivity contribution in [3.05, 3.63) is 64.6 Å². The molecule has 1 heterocycles. The monoisotopic (exact) mass is 329 g/mol. The maximum Gasteiger partial charge on any atom is 0.247 e. The molecular formula is C17H19N3O2S. The van der Waals surface area contributed by atoms with Crippen molar-refractivity contribution in [3.8, 4) is 0 Å². The number of nitrogens with zero attached hydrogens (tertiary/aromatic N) is 1. The van der Waals surface area contributed by atoms with Crippen molar-refractivity contribution in [2.45, 2.75) is 19.9 Å². The fourth-order valence-corrected chi connectivity index (χ4v) is 2.46. The molecule has 120 valence electrons. The molecule has 0 radical (unpaired) electrons. The number of amides is 1. The zero-order valence-corrected chi connectivity index (χ0v) is 13.8. The molecule has 0 aliphatic carbocycles. The van der Waals surface area contributed by atoms with E-state index < -0.39 is 6.04 Å². The van der Waals surface area contributed by atoms with Crippen LogP contribution in [-0.2, 0) is 4.79 Å². The van der Waals surface area contributed by atoms with Crippen LogP contribution < -0.4 is 16.5 Å². The van der Waals surface area contributed by atoms with Crippen LogP contribution in [0.4, 0.5) is 5.69 Å². The molecule has 5 nitrogen and oxygen atoms in total. The molecular weight excluding hydrogens is 310 g/mol. The van der Waals surface area contributed by atoms with Crippen LogP contribution in [0.25, 0.3) is 0 Å². The van der Waals surface area contributed by atoms with Crippen molar-refractivity contribution in [2.24, 2.45) is 11.7 Å². The Morgan fingerprint density at radius 1 is 1.13 bits per heavy atom. The highest BCUT2D eigenvalue weighted by atomic mass is 32.1. The molecule has 1 amide bonds. The van der Waals surface area contributed by atoms with Crippen molar-refractivity contribution in [1.29, 1.82) is 0 Å². The first kappa shape index (κ1) is 16.9. The van der Waals surface area contributed by atoms with Crippen LogP contribution >= 0.6 is 12.2 Å². The topological polar surface area (TPSA) is 77.1 Å². The zero-order valence-electron chi connectivity index (χ0n) is 13.0. The second-order valence-electron chi connectivity index (χ2n) is 5.60. The van der Waals surface area contributed by atoms with Gasteiger partial charge in [0.1, 0.15) is 11.0 Å². The number of hydrogen-bond acceptors (Lipinski definition) is 3. The van der Waals surface area contributed by atoms with E-state index in [-0.39, 0.29) is 17.3 Å². The first-order valence-electron chi connectivity index (χ1n) is 7.27. The molecule has 23 heavy (non-hydrogen) atoms. The largest absolute Gasteiger partial charge is 0.389 e. The minimum absolute atomic E-state index is 0.0633. The van der Waals surface area contributed by atoms with Crippen molar-refractivity contribution < 1.29 is 4.79 Å². The maximum absolute atomic E-state index is 12.6. The lowest BCUT2D eigenvalue weighted by atomic mass is 10.0. The number of rotatable bonds is 5. The lowest BCUT2D eigenvalue weighted by Gasteiger charge is -2.23. The third kappa shape index (κ3) is 4.26. The molecule has 6 heteroatoms. The summed E-state index contributed by atoms with van der Waals surface area (Å²) in [4.78, 5) is 24.1. The van der Waals surface area contributed by atoms with E-state index in [1.165, 1.54) is 12.1 Å². The first-order valence-corrected chi connectivity index (χ1v) is 7.68. The Labute approximate surface area is 140 Å². The second kappa shape index (κ2) is 7.19. The molecule has 0 saturated carbocycles. The number of carbonyl (C=O) groups excluding carboxylic acids is 1. The van der Waals surface area contributed by atoms with Crippen molar-refractivity contribution in [3.63, 3.8) is 0 Å². The molecule has 3 N–H and O–H groups in total. The second-order valence-corrected chi connectivity index (χ2v) is 6.04. The minimum atomic E-state index is -0.411. The van der Waals surface area contributed by atoms with Gasteiger partial charge in [-0.2, -0.15) is 0 Å². The molecule has 1 atom stereocenters. The predicted octanol–water partition coefficient (Wildman–Crippen LogP) is 2.32. The summed E-state index contributed by atoms with van der Waals surface area (Å²) in [6.45, 7) is 3.91. The Morgan fingerprint density at radius 2 is 1.70 bits per heavy atom. The molecule has 0 spiro atoms. The fourth-order valence-electron chi connectivity index (χ4n) is 2.33. The van der Waals surface area contributed by atoms with Crippen LogP contribution in [0.1, 0.15) is 25.5 Å². The van der Waals surface area contributed by atoms with E-state index in [0.29, 0.717) is 10.7 Å². The normalized spacial score (nSPS) is 12.0. The Morgan fingerprint density at radius 3 is 2.17 bits per heavy atom. The van der Waals surface area contributed by atoms with E-state index in [4.69, 9.17) is 18.0 Å². The Kier molecular flexibility index (Phi) is 5.28. The number of anilines is 1. The Hall–Kier alpha value is -2.47. The summed E-state index contributed by atoms with van der Waals surface area (Å²) in [5.74, 6) is -0.0832. The number of nitrogens with two attached hydrogens (primary N) is 1. The standard InChI is InChI=1S/C17H19N3O2S/c1-11(2)15(20-9-7-14(21)8-10-20)17(22)19-13-5-3-12(4-6-13)16(18)23/h3-11,15H,1-2H3,(H2,18,23)(H,19,22). The number of benzene rings is 1. The Balaban J connectivity index is 2.20. The zero-order chi connectivity index (χ0) is 17.0. The van der Waals surface area contributed by atoms with E-state index in [9.17, 15) is 9.59 Å². The van der Waals surface area contributed by atoms with Crippen molar-refractivity contribution in [2.75, 3.05) is 5.32 Å². The number of nitrogens with one attached hydrogen (secondary N) is 1. The quantitative estimate of drug-likeness (QED) is 0.825. The van der Waals surface area contributed by atoms with Crippen LogP contribution in [0, 0.1) is 5.92 Å². The van der Waals surface area contributed by atoms with Gasteiger partial charge in [0, 0.05) is 35.8 Å². The summed E-state index contributed by atoms with van der Waals surface area (Å²) in [7, 11) is 0. The third-order valence-corrected chi connectivity index (χ3v) is 3.72. The smallest absolute Gasteiger partial charge is 0.247 e. The van der Waals surface area contributed by atoms with Crippen LogP contribution in [0.15, 0.2) is 53.6 Å². The molecule has 0 saturated heterocycles. The molecule has 0 fully saturated rings. The average Bonchev–Trinajstić information content (AvgIpc) is 2.49. The number of pyridine rings is 1. The average molecular weight is 329 g/mol. The van der Waals surface area contributed by atoms with Gasteiger partial charge in [-0.1, -0.05) is 26.1 Å². The van der Waals surface area contributed by atoms with E-state index in [0.717, 1.165) is 5.56 Å². The molecule has 1 aromatic heterocycles. The van der Waals surface area contributed by atoms with Gasteiger partial charge in [-0.3, -0.25) is 9.59 Å². The SMILES string of the molecule is CC(C)C(C(=O)Nc1ccc(C(N)=S)cc1)n1ccc(=O)cc1. The van der Waals surface area contributed by atoms with Gasteiger partial charge >= 0.3 is 0 Å². The molecule has 2 aromatic rings. The molecule has 1 unspecified atom stereocenters. The van der Waals surface area contributed by atoms with Gasteiger partial charge in [0.2, 0.25) is 5.91 Å².